The fourth-order valence-electron chi connectivity index (χ4n) is 2.94. The van der Waals surface area contributed by atoms with E-state index in [4.69, 9.17) is 0 Å². The standard InChI is InChI=1S/C17H22N4OS/c1-13-6-4-5-9-21(13)11-15-8-3-2-7-14(15)10-18-20-17-19-16(22)12-23-17/h2-3,7-8,10,13H,4-6,9,11-12H2,1H3,(H,19,20,22). The summed E-state index contributed by atoms with van der Waals surface area (Å²) in [6.07, 6.45) is 5.68. The van der Waals surface area contributed by atoms with E-state index in [2.05, 4.69) is 45.5 Å². The number of amides is 1. The minimum atomic E-state index is -0.0107. The highest BCUT2D eigenvalue weighted by atomic mass is 32.2. The molecule has 0 bridgehead atoms. The molecule has 2 saturated heterocycles. The molecule has 122 valence electrons. The molecule has 23 heavy (non-hydrogen) atoms. The van der Waals surface area contributed by atoms with Crippen molar-refractivity contribution in [2.24, 2.45) is 10.2 Å². The molecule has 3 rings (SSSR count). The Hall–Kier alpha value is -1.66. The molecule has 0 aromatic heterocycles. The monoisotopic (exact) mass is 330 g/mol. The first-order valence-corrected chi connectivity index (χ1v) is 9.06. The fraction of sp³-hybridized carbons (Fsp3) is 0.471. The molecule has 2 heterocycles. The third-order valence-corrected chi connectivity index (χ3v) is 5.16. The second-order valence-corrected chi connectivity index (χ2v) is 6.96. The number of carbonyl (C=O) groups excluding carboxylic acids is 1. The topological polar surface area (TPSA) is 57.1 Å². The van der Waals surface area contributed by atoms with Crippen LogP contribution in [0, 0.1) is 0 Å². The first-order chi connectivity index (χ1) is 11.2. The smallest absolute Gasteiger partial charge is 0.236 e. The lowest BCUT2D eigenvalue weighted by atomic mass is 10.0. The van der Waals surface area contributed by atoms with E-state index in [1.165, 1.54) is 36.6 Å². The molecule has 1 amide bonds. The van der Waals surface area contributed by atoms with Crippen LogP contribution in [0.4, 0.5) is 0 Å². The Morgan fingerprint density at radius 1 is 1.39 bits per heavy atom. The van der Waals surface area contributed by atoms with Crippen molar-refractivity contribution in [2.45, 2.75) is 38.8 Å². The molecule has 1 aromatic rings. The van der Waals surface area contributed by atoms with Crippen molar-refractivity contribution < 1.29 is 4.79 Å². The first kappa shape index (κ1) is 16.2. The molecule has 1 aromatic carbocycles. The van der Waals surface area contributed by atoms with E-state index in [9.17, 15) is 4.79 Å². The van der Waals surface area contributed by atoms with E-state index in [-0.39, 0.29) is 5.91 Å². The summed E-state index contributed by atoms with van der Waals surface area (Å²) >= 11 is 1.39. The van der Waals surface area contributed by atoms with Crippen LogP contribution >= 0.6 is 11.8 Å². The number of nitrogens with zero attached hydrogens (tertiary/aromatic N) is 3. The van der Waals surface area contributed by atoms with E-state index in [1.54, 1.807) is 6.21 Å². The van der Waals surface area contributed by atoms with E-state index >= 15 is 0 Å². The van der Waals surface area contributed by atoms with Crippen molar-refractivity contribution in [3.63, 3.8) is 0 Å². The lowest BCUT2D eigenvalue weighted by molar-refractivity contribution is -0.116. The molecule has 1 N–H and O–H groups in total. The number of amidine groups is 1. The Bertz CT molecular complexity index is 629. The molecule has 1 unspecified atom stereocenters. The number of hydrogen-bond donors (Lipinski definition) is 1. The predicted octanol–water partition coefficient (Wildman–Crippen LogP) is 2.61. The second kappa shape index (κ2) is 7.75. The van der Waals surface area contributed by atoms with Gasteiger partial charge < -0.3 is 5.32 Å². The molecule has 0 aliphatic carbocycles. The predicted molar refractivity (Wildman–Crippen MR) is 95.8 cm³/mol. The zero-order chi connectivity index (χ0) is 16.1. The highest BCUT2D eigenvalue weighted by Crippen LogP contribution is 2.20. The van der Waals surface area contributed by atoms with Crippen molar-refractivity contribution in [2.75, 3.05) is 12.3 Å². The van der Waals surface area contributed by atoms with Crippen molar-refractivity contribution >= 4 is 29.1 Å². The van der Waals surface area contributed by atoms with Crippen LogP contribution in [-0.2, 0) is 11.3 Å². The van der Waals surface area contributed by atoms with E-state index in [1.807, 2.05) is 6.07 Å². The zero-order valence-corrected chi connectivity index (χ0v) is 14.2. The third kappa shape index (κ3) is 4.42. The molecule has 2 fully saturated rings. The third-order valence-electron chi connectivity index (χ3n) is 4.30. The normalized spacial score (nSPS) is 24.5. The van der Waals surface area contributed by atoms with Crippen LogP contribution in [0.15, 0.2) is 34.5 Å². The number of carbonyl (C=O) groups is 1. The summed E-state index contributed by atoms with van der Waals surface area (Å²) in [5.74, 6) is 0.418. The van der Waals surface area contributed by atoms with Gasteiger partial charge in [0.2, 0.25) is 5.91 Å². The molecule has 0 spiro atoms. The number of likely N-dealkylation sites (tertiary alicyclic amines) is 1. The fourth-order valence-corrected chi connectivity index (χ4v) is 3.57. The van der Waals surface area contributed by atoms with Crippen LogP contribution in [0.3, 0.4) is 0 Å². The molecule has 0 saturated carbocycles. The van der Waals surface area contributed by atoms with Gasteiger partial charge in [-0.1, -0.05) is 42.4 Å². The van der Waals surface area contributed by atoms with Crippen LogP contribution in [0.5, 0.6) is 0 Å². The molecule has 2 aliphatic rings. The van der Waals surface area contributed by atoms with Gasteiger partial charge >= 0.3 is 0 Å². The maximum Gasteiger partial charge on any atom is 0.236 e. The average Bonchev–Trinajstić information content (AvgIpc) is 2.97. The summed E-state index contributed by atoms with van der Waals surface area (Å²) in [7, 11) is 0. The Labute approximate surface area is 141 Å². The Morgan fingerprint density at radius 2 is 2.26 bits per heavy atom. The summed E-state index contributed by atoms with van der Waals surface area (Å²) in [5.41, 5.74) is 2.36. The second-order valence-electron chi connectivity index (χ2n) is 6.00. The molecular weight excluding hydrogens is 308 g/mol. The van der Waals surface area contributed by atoms with E-state index in [0.717, 1.165) is 18.7 Å². The number of hydrogen-bond acceptors (Lipinski definition) is 5. The van der Waals surface area contributed by atoms with Crippen molar-refractivity contribution in [3.8, 4) is 0 Å². The van der Waals surface area contributed by atoms with Gasteiger partial charge in [-0.3, -0.25) is 9.69 Å². The van der Waals surface area contributed by atoms with Gasteiger partial charge in [0.15, 0.2) is 5.17 Å². The summed E-state index contributed by atoms with van der Waals surface area (Å²) in [6.45, 7) is 4.42. The number of thioether (sulfide) groups is 1. The molecular formula is C17H22N4OS. The van der Waals surface area contributed by atoms with Gasteiger partial charge in [0.1, 0.15) is 0 Å². The number of benzene rings is 1. The van der Waals surface area contributed by atoms with Crippen LogP contribution in [0.1, 0.15) is 37.3 Å². The van der Waals surface area contributed by atoms with E-state index in [0.29, 0.717) is 17.0 Å². The van der Waals surface area contributed by atoms with Gasteiger partial charge in [0.05, 0.1) is 12.0 Å². The molecule has 5 nitrogen and oxygen atoms in total. The van der Waals surface area contributed by atoms with Crippen LogP contribution in [0.2, 0.25) is 0 Å². The Balaban J connectivity index is 1.69. The van der Waals surface area contributed by atoms with Crippen molar-refractivity contribution in [3.05, 3.63) is 35.4 Å². The molecule has 6 heteroatoms. The summed E-state index contributed by atoms with van der Waals surface area (Å²) < 4.78 is 0. The first-order valence-electron chi connectivity index (χ1n) is 8.08. The van der Waals surface area contributed by atoms with Gasteiger partial charge in [0.25, 0.3) is 0 Å². The lowest BCUT2D eigenvalue weighted by Crippen LogP contribution is -2.36. The lowest BCUT2D eigenvalue weighted by Gasteiger charge is -2.33. The molecule has 1 atom stereocenters. The van der Waals surface area contributed by atoms with Crippen LogP contribution in [-0.4, -0.2) is 40.5 Å². The summed E-state index contributed by atoms with van der Waals surface area (Å²) in [6, 6.07) is 8.94. The van der Waals surface area contributed by atoms with Crippen molar-refractivity contribution in [1.82, 2.24) is 10.2 Å². The van der Waals surface area contributed by atoms with Crippen LogP contribution < -0.4 is 5.32 Å². The molecule has 0 radical (unpaired) electrons. The number of nitrogens with one attached hydrogen (secondary N) is 1. The van der Waals surface area contributed by atoms with Crippen LogP contribution in [0.25, 0.3) is 0 Å². The zero-order valence-electron chi connectivity index (χ0n) is 13.4. The van der Waals surface area contributed by atoms with Gasteiger partial charge in [-0.2, -0.15) is 5.10 Å². The maximum absolute atomic E-state index is 11.1. The average molecular weight is 330 g/mol. The highest BCUT2D eigenvalue weighted by molar-refractivity contribution is 8.15. The maximum atomic E-state index is 11.1. The van der Waals surface area contributed by atoms with Gasteiger partial charge in [-0.05, 0) is 37.4 Å². The van der Waals surface area contributed by atoms with Gasteiger partial charge in [-0.25, -0.2) is 0 Å². The minimum Gasteiger partial charge on any atom is -0.303 e. The molecule has 2 aliphatic heterocycles. The van der Waals surface area contributed by atoms with Gasteiger partial charge in [-0.15, -0.1) is 5.10 Å². The Kier molecular flexibility index (Phi) is 5.46. The van der Waals surface area contributed by atoms with Crippen molar-refractivity contribution in [1.29, 1.82) is 0 Å². The quantitative estimate of drug-likeness (QED) is 0.682. The Morgan fingerprint density at radius 3 is 3.04 bits per heavy atom. The van der Waals surface area contributed by atoms with E-state index < -0.39 is 0 Å². The summed E-state index contributed by atoms with van der Waals surface area (Å²) in [4.78, 5) is 13.7. The van der Waals surface area contributed by atoms with Gasteiger partial charge in [0, 0.05) is 12.6 Å². The SMILES string of the molecule is CC1CCCCN1Cc1ccccc1C=NN=C1NC(=O)CS1. The number of rotatable bonds is 4. The highest BCUT2D eigenvalue weighted by Gasteiger charge is 2.19. The minimum absolute atomic E-state index is 0.0107. The summed E-state index contributed by atoms with van der Waals surface area (Å²) in [5, 5.41) is 11.5. The number of piperidine rings is 1. The largest absolute Gasteiger partial charge is 0.303 e.